The summed E-state index contributed by atoms with van der Waals surface area (Å²) < 4.78 is 0. The van der Waals surface area contributed by atoms with E-state index in [1.54, 1.807) is 18.5 Å². The zero-order valence-corrected chi connectivity index (χ0v) is 16.4. The highest BCUT2D eigenvalue weighted by molar-refractivity contribution is 5.82. The van der Waals surface area contributed by atoms with Gasteiger partial charge in [0, 0.05) is 51.5 Å². The van der Waals surface area contributed by atoms with Crippen molar-refractivity contribution in [2.75, 3.05) is 37.6 Å². The van der Waals surface area contributed by atoms with Crippen LogP contribution in [0.4, 0.5) is 5.95 Å². The van der Waals surface area contributed by atoms with Gasteiger partial charge in [-0.05, 0) is 24.6 Å². The molecule has 1 aromatic carbocycles. The fraction of sp³-hybridized carbons (Fsp3) is 0.429. The summed E-state index contributed by atoms with van der Waals surface area (Å²) in [6.07, 6.45) is 4.31. The fourth-order valence-corrected chi connectivity index (χ4v) is 3.44. The smallest absolute Gasteiger partial charge is 0.308 e. The van der Waals surface area contributed by atoms with Crippen molar-refractivity contribution in [3.8, 4) is 0 Å². The second kappa shape index (κ2) is 10.5. The van der Waals surface area contributed by atoms with Gasteiger partial charge in [0.05, 0.1) is 5.92 Å². The van der Waals surface area contributed by atoms with Gasteiger partial charge in [-0.1, -0.05) is 30.3 Å². The van der Waals surface area contributed by atoms with Crippen LogP contribution >= 0.6 is 0 Å². The number of carbonyl (C=O) groups is 2. The van der Waals surface area contributed by atoms with E-state index in [9.17, 15) is 14.7 Å². The van der Waals surface area contributed by atoms with Gasteiger partial charge in [0.2, 0.25) is 11.9 Å². The second-order valence-corrected chi connectivity index (χ2v) is 7.19. The van der Waals surface area contributed by atoms with Gasteiger partial charge in [-0.25, -0.2) is 9.97 Å². The summed E-state index contributed by atoms with van der Waals surface area (Å²) in [4.78, 5) is 36.8. The molecule has 1 unspecified atom stereocenters. The van der Waals surface area contributed by atoms with Crippen LogP contribution in [0.5, 0.6) is 0 Å². The number of carboxylic acid groups (broad SMARTS) is 1. The Balaban J connectivity index is 1.49. The van der Waals surface area contributed by atoms with Crippen LogP contribution in [0.3, 0.4) is 0 Å². The minimum Gasteiger partial charge on any atom is -0.481 e. The summed E-state index contributed by atoms with van der Waals surface area (Å²) in [7, 11) is 0. The molecular weight excluding hydrogens is 370 g/mol. The first-order valence-corrected chi connectivity index (χ1v) is 9.89. The van der Waals surface area contributed by atoms with Gasteiger partial charge in [0.25, 0.3) is 0 Å². The molecule has 1 aliphatic heterocycles. The molecule has 1 atom stereocenters. The van der Waals surface area contributed by atoms with E-state index >= 15 is 0 Å². The second-order valence-electron chi connectivity index (χ2n) is 7.19. The van der Waals surface area contributed by atoms with Crippen molar-refractivity contribution in [2.24, 2.45) is 5.92 Å². The topological polar surface area (TPSA) is 98.7 Å². The quantitative estimate of drug-likeness (QED) is 0.695. The Labute approximate surface area is 170 Å². The summed E-state index contributed by atoms with van der Waals surface area (Å²) in [5.41, 5.74) is 0.989. The zero-order valence-electron chi connectivity index (χ0n) is 16.4. The van der Waals surface area contributed by atoms with E-state index in [-0.39, 0.29) is 12.3 Å². The zero-order chi connectivity index (χ0) is 20.5. The molecule has 0 aliphatic carbocycles. The number of aromatic nitrogens is 2. The molecule has 2 heterocycles. The molecule has 1 aromatic heterocycles. The Hall–Kier alpha value is -3.00. The number of nitrogens with one attached hydrogen (secondary N) is 1. The Kier molecular flexibility index (Phi) is 7.52. The highest BCUT2D eigenvalue weighted by Crippen LogP contribution is 2.13. The molecule has 1 amide bonds. The highest BCUT2D eigenvalue weighted by atomic mass is 16.4. The van der Waals surface area contributed by atoms with Crippen molar-refractivity contribution in [1.82, 2.24) is 20.2 Å². The molecule has 0 spiro atoms. The van der Waals surface area contributed by atoms with E-state index in [4.69, 9.17) is 0 Å². The highest BCUT2D eigenvalue weighted by Gasteiger charge is 2.26. The number of anilines is 1. The molecule has 8 nitrogen and oxygen atoms in total. The van der Waals surface area contributed by atoms with Crippen molar-refractivity contribution in [2.45, 2.75) is 19.4 Å². The van der Waals surface area contributed by atoms with Crippen molar-refractivity contribution < 1.29 is 14.7 Å². The predicted molar refractivity (Wildman–Crippen MR) is 109 cm³/mol. The van der Waals surface area contributed by atoms with Gasteiger partial charge in [0.1, 0.15) is 0 Å². The van der Waals surface area contributed by atoms with Crippen LogP contribution in [0.2, 0.25) is 0 Å². The third kappa shape index (κ3) is 6.53. The van der Waals surface area contributed by atoms with Crippen LogP contribution in [0.1, 0.15) is 18.4 Å². The number of hydrogen-bond acceptors (Lipinski definition) is 6. The fourth-order valence-electron chi connectivity index (χ4n) is 3.44. The summed E-state index contributed by atoms with van der Waals surface area (Å²) in [5, 5.41) is 12.4. The average molecular weight is 397 g/mol. The minimum absolute atomic E-state index is 0.0236. The molecule has 2 aromatic rings. The predicted octanol–water partition coefficient (Wildman–Crippen LogP) is 1.40. The van der Waals surface area contributed by atoms with Crippen molar-refractivity contribution >= 4 is 17.8 Å². The third-order valence-corrected chi connectivity index (χ3v) is 5.02. The number of amides is 1. The molecule has 2 N–H and O–H groups in total. The van der Waals surface area contributed by atoms with E-state index in [2.05, 4.69) is 25.1 Å². The Morgan fingerprint density at radius 3 is 2.52 bits per heavy atom. The van der Waals surface area contributed by atoms with Gasteiger partial charge in [-0.3, -0.25) is 9.59 Å². The third-order valence-electron chi connectivity index (χ3n) is 5.02. The van der Waals surface area contributed by atoms with Gasteiger partial charge in [-0.15, -0.1) is 0 Å². The molecule has 1 aliphatic rings. The largest absolute Gasteiger partial charge is 0.481 e. The molecule has 29 heavy (non-hydrogen) atoms. The molecule has 1 fully saturated rings. The molecule has 0 radical (unpaired) electrons. The average Bonchev–Trinajstić information content (AvgIpc) is 2.99. The Morgan fingerprint density at radius 2 is 1.79 bits per heavy atom. The summed E-state index contributed by atoms with van der Waals surface area (Å²) >= 11 is 0. The van der Waals surface area contributed by atoms with Gasteiger partial charge in [0.15, 0.2) is 0 Å². The van der Waals surface area contributed by atoms with Gasteiger partial charge in [-0.2, -0.15) is 0 Å². The maximum Gasteiger partial charge on any atom is 0.308 e. The summed E-state index contributed by atoms with van der Waals surface area (Å²) in [6, 6.07) is 11.4. The van der Waals surface area contributed by atoms with E-state index in [1.807, 2.05) is 30.3 Å². The van der Waals surface area contributed by atoms with E-state index in [1.165, 1.54) is 0 Å². The van der Waals surface area contributed by atoms with Crippen LogP contribution in [-0.2, 0) is 16.1 Å². The minimum atomic E-state index is -0.938. The van der Waals surface area contributed by atoms with Crippen LogP contribution in [0.15, 0.2) is 48.8 Å². The van der Waals surface area contributed by atoms with Crippen molar-refractivity contribution in [3.63, 3.8) is 0 Å². The number of benzene rings is 1. The molecule has 154 valence electrons. The van der Waals surface area contributed by atoms with Gasteiger partial charge >= 0.3 is 5.97 Å². The first-order valence-electron chi connectivity index (χ1n) is 9.89. The molecular formula is C21H27N5O3. The van der Waals surface area contributed by atoms with E-state index in [0.717, 1.165) is 31.6 Å². The Morgan fingerprint density at radius 1 is 1.03 bits per heavy atom. The van der Waals surface area contributed by atoms with Crippen molar-refractivity contribution in [3.05, 3.63) is 54.4 Å². The van der Waals surface area contributed by atoms with E-state index < -0.39 is 11.9 Å². The lowest BCUT2D eigenvalue weighted by molar-refractivity contribution is -0.144. The molecule has 0 saturated carbocycles. The molecule has 3 rings (SSSR count). The van der Waals surface area contributed by atoms with Crippen LogP contribution in [0.25, 0.3) is 0 Å². The van der Waals surface area contributed by atoms with Gasteiger partial charge < -0.3 is 20.2 Å². The van der Waals surface area contributed by atoms with Crippen molar-refractivity contribution in [1.29, 1.82) is 0 Å². The summed E-state index contributed by atoms with van der Waals surface area (Å²) in [5.74, 6) is -1.21. The molecule has 0 bridgehead atoms. The number of carboxylic acids is 1. The lowest BCUT2D eigenvalue weighted by Crippen LogP contribution is -2.38. The molecule has 1 saturated heterocycles. The number of carbonyl (C=O) groups excluding carboxylic acids is 1. The number of hydrogen-bond donors (Lipinski definition) is 2. The monoisotopic (exact) mass is 397 g/mol. The lowest BCUT2D eigenvalue weighted by Gasteiger charge is -2.24. The van der Waals surface area contributed by atoms with Crippen LogP contribution in [0, 0.1) is 5.92 Å². The van der Waals surface area contributed by atoms with Crippen LogP contribution in [-0.4, -0.2) is 64.6 Å². The van der Waals surface area contributed by atoms with Crippen LogP contribution < -0.4 is 10.2 Å². The lowest BCUT2D eigenvalue weighted by atomic mass is 10.0. The maximum absolute atomic E-state index is 12.3. The normalized spacial score (nSPS) is 16.1. The van der Waals surface area contributed by atoms with E-state index in [0.29, 0.717) is 25.6 Å². The first-order chi connectivity index (χ1) is 14.1. The number of nitrogens with zero attached hydrogens (tertiary/aromatic N) is 4. The molecule has 8 heteroatoms. The summed E-state index contributed by atoms with van der Waals surface area (Å²) in [6.45, 7) is 3.83. The number of rotatable bonds is 8. The Bertz CT molecular complexity index is 787. The standard InChI is InChI=1S/C21H27N5O3/c27-19(24-15-17-6-2-1-3-7-17)14-18(20(28)29)16-25-10-5-11-26(13-12-25)21-22-8-4-9-23-21/h1-4,6-9,18H,5,10-16H2,(H,24,27)(H,28,29). The maximum atomic E-state index is 12.3. The first kappa shape index (κ1) is 20.7. The number of aliphatic carboxylic acids is 1. The SMILES string of the molecule is O=C(CC(CN1CCCN(c2ncccn2)CC1)C(=O)O)NCc1ccccc1.